The standard InChI is InChI=1S/C6H9I/c1-5-3-2-4-6(5)7/h4-5H,2-3H2,1H3/t5-/m1/s1. The first-order valence-corrected chi connectivity index (χ1v) is 3.74. The molecular weight excluding hydrogens is 199 g/mol. The van der Waals surface area contributed by atoms with Crippen molar-refractivity contribution in [2.75, 3.05) is 0 Å². The predicted octanol–water partition coefficient (Wildman–Crippen LogP) is 2.74. The molecule has 40 valence electrons. The Morgan fingerprint density at radius 3 is 2.71 bits per heavy atom. The van der Waals surface area contributed by atoms with Gasteiger partial charge in [-0.15, -0.1) is 0 Å². The van der Waals surface area contributed by atoms with Crippen LogP contribution in [0, 0.1) is 5.92 Å². The smallest absolute Gasteiger partial charge is 0.0106 e. The van der Waals surface area contributed by atoms with E-state index in [1.165, 1.54) is 12.8 Å². The molecule has 0 saturated carbocycles. The summed E-state index contributed by atoms with van der Waals surface area (Å²) in [6.07, 6.45) is 5.00. The van der Waals surface area contributed by atoms with Crippen molar-refractivity contribution in [3.63, 3.8) is 0 Å². The van der Waals surface area contributed by atoms with Gasteiger partial charge in [-0.05, 0) is 44.9 Å². The lowest BCUT2D eigenvalue weighted by atomic mass is 10.2. The first-order valence-electron chi connectivity index (χ1n) is 2.66. The molecule has 1 atom stereocenters. The van der Waals surface area contributed by atoms with Crippen molar-refractivity contribution < 1.29 is 0 Å². The van der Waals surface area contributed by atoms with Crippen LogP contribution in [0.15, 0.2) is 9.66 Å². The Labute approximate surface area is 58.1 Å². The molecule has 0 bridgehead atoms. The molecule has 0 aromatic heterocycles. The monoisotopic (exact) mass is 208 g/mol. The average Bonchev–Trinajstić information content (AvgIpc) is 1.91. The minimum Gasteiger partial charge on any atom is -0.0749 e. The van der Waals surface area contributed by atoms with Gasteiger partial charge in [-0.3, -0.25) is 0 Å². The highest BCUT2D eigenvalue weighted by Crippen LogP contribution is 2.29. The van der Waals surface area contributed by atoms with E-state index in [4.69, 9.17) is 0 Å². The fourth-order valence-corrected chi connectivity index (χ4v) is 1.43. The molecule has 0 spiro atoms. The maximum Gasteiger partial charge on any atom is -0.0106 e. The third-order valence-corrected chi connectivity index (χ3v) is 2.91. The predicted molar refractivity (Wildman–Crippen MR) is 40.5 cm³/mol. The number of hydrogen-bond acceptors (Lipinski definition) is 0. The summed E-state index contributed by atoms with van der Waals surface area (Å²) in [6, 6.07) is 0. The average molecular weight is 208 g/mol. The van der Waals surface area contributed by atoms with Gasteiger partial charge >= 0.3 is 0 Å². The van der Waals surface area contributed by atoms with E-state index in [0.29, 0.717) is 0 Å². The van der Waals surface area contributed by atoms with E-state index in [1.807, 2.05) is 0 Å². The molecule has 1 rings (SSSR count). The zero-order valence-corrected chi connectivity index (χ0v) is 6.60. The van der Waals surface area contributed by atoms with E-state index in [9.17, 15) is 0 Å². The molecule has 0 saturated heterocycles. The maximum atomic E-state index is 2.42. The molecular formula is C6H9I. The van der Waals surface area contributed by atoms with Gasteiger partial charge in [0.15, 0.2) is 0 Å². The summed E-state index contributed by atoms with van der Waals surface area (Å²) in [7, 11) is 0. The highest BCUT2D eigenvalue weighted by molar-refractivity contribution is 14.1. The summed E-state index contributed by atoms with van der Waals surface area (Å²) in [5.74, 6) is 0.862. The minimum absolute atomic E-state index is 0.862. The minimum atomic E-state index is 0.862. The van der Waals surface area contributed by atoms with E-state index in [0.717, 1.165) is 5.92 Å². The Morgan fingerprint density at radius 1 is 1.86 bits per heavy atom. The summed E-state index contributed by atoms with van der Waals surface area (Å²) >= 11 is 2.42. The quantitative estimate of drug-likeness (QED) is 0.537. The van der Waals surface area contributed by atoms with E-state index in [2.05, 4.69) is 35.6 Å². The molecule has 1 aliphatic carbocycles. The fourth-order valence-electron chi connectivity index (χ4n) is 0.810. The van der Waals surface area contributed by atoms with Crippen LogP contribution in [0.2, 0.25) is 0 Å². The number of hydrogen-bond donors (Lipinski definition) is 0. The van der Waals surface area contributed by atoms with Gasteiger partial charge in [0.2, 0.25) is 0 Å². The number of rotatable bonds is 0. The molecule has 0 aromatic carbocycles. The van der Waals surface area contributed by atoms with E-state index in [1.54, 1.807) is 3.58 Å². The Hall–Kier alpha value is 0.470. The topological polar surface area (TPSA) is 0 Å². The molecule has 0 radical (unpaired) electrons. The second-order valence-corrected chi connectivity index (χ2v) is 3.31. The lowest BCUT2D eigenvalue weighted by molar-refractivity contribution is 0.698. The Bertz CT molecular complexity index is 94.4. The molecule has 7 heavy (non-hydrogen) atoms. The zero-order valence-electron chi connectivity index (χ0n) is 4.45. The van der Waals surface area contributed by atoms with Gasteiger partial charge < -0.3 is 0 Å². The summed E-state index contributed by atoms with van der Waals surface area (Å²) in [5.41, 5.74) is 0. The Balaban J connectivity index is 2.54. The highest BCUT2D eigenvalue weighted by atomic mass is 127. The third-order valence-electron chi connectivity index (χ3n) is 1.41. The van der Waals surface area contributed by atoms with Gasteiger partial charge in [-0.2, -0.15) is 0 Å². The normalized spacial score (nSPS) is 30.6. The van der Waals surface area contributed by atoms with Crippen molar-refractivity contribution in [2.24, 2.45) is 5.92 Å². The van der Waals surface area contributed by atoms with Crippen molar-refractivity contribution in [3.8, 4) is 0 Å². The van der Waals surface area contributed by atoms with Gasteiger partial charge in [0, 0.05) is 0 Å². The van der Waals surface area contributed by atoms with Crippen LogP contribution in [0.5, 0.6) is 0 Å². The van der Waals surface area contributed by atoms with Crippen LogP contribution in [-0.2, 0) is 0 Å². The van der Waals surface area contributed by atoms with Gasteiger partial charge in [-0.25, -0.2) is 0 Å². The van der Waals surface area contributed by atoms with Crippen molar-refractivity contribution in [1.29, 1.82) is 0 Å². The molecule has 1 aliphatic rings. The fraction of sp³-hybridized carbons (Fsp3) is 0.667. The number of allylic oxidation sites excluding steroid dienone is 2. The van der Waals surface area contributed by atoms with Crippen LogP contribution in [-0.4, -0.2) is 0 Å². The summed E-state index contributed by atoms with van der Waals surface area (Å²) in [6.45, 7) is 2.28. The highest BCUT2D eigenvalue weighted by Gasteiger charge is 2.09. The van der Waals surface area contributed by atoms with Crippen LogP contribution < -0.4 is 0 Å². The zero-order chi connectivity index (χ0) is 5.28. The first-order chi connectivity index (χ1) is 3.30. The summed E-state index contributed by atoms with van der Waals surface area (Å²) in [5, 5.41) is 0. The molecule has 0 N–H and O–H groups in total. The SMILES string of the molecule is C[C@@H]1CCC=C1I. The van der Waals surface area contributed by atoms with Gasteiger partial charge in [0.05, 0.1) is 0 Å². The van der Waals surface area contributed by atoms with Gasteiger partial charge in [0.25, 0.3) is 0 Å². The largest absolute Gasteiger partial charge is 0.0749 e. The molecule has 0 amide bonds. The lowest BCUT2D eigenvalue weighted by Gasteiger charge is -1.96. The van der Waals surface area contributed by atoms with Crippen molar-refractivity contribution in [3.05, 3.63) is 9.66 Å². The van der Waals surface area contributed by atoms with Crippen LogP contribution in [0.25, 0.3) is 0 Å². The van der Waals surface area contributed by atoms with Crippen LogP contribution in [0.1, 0.15) is 19.8 Å². The molecule has 0 aliphatic heterocycles. The van der Waals surface area contributed by atoms with E-state index >= 15 is 0 Å². The molecule has 0 heterocycles. The van der Waals surface area contributed by atoms with Crippen molar-refractivity contribution >= 4 is 22.6 Å². The second-order valence-electron chi connectivity index (χ2n) is 2.07. The summed E-state index contributed by atoms with van der Waals surface area (Å²) < 4.78 is 1.55. The first kappa shape index (κ1) is 5.60. The van der Waals surface area contributed by atoms with E-state index in [-0.39, 0.29) is 0 Å². The second kappa shape index (κ2) is 2.16. The molecule has 0 nitrogen and oxygen atoms in total. The van der Waals surface area contributed by atoms with Crippen molar-refractivity contribution in [2.45, 2.75) is 19.8 Å². The molecule has 0 aromatic rings. The van der Waals surface area contributed by atoms with E-state index < -0.39 is 0 Å². The lowest BCUT2D eigenvalue weighted by Crippen LogP contribution is -1.82. The van der Waals surface area contributed by atoms with Crippen LogP contribution in [0.3, 0.4) is 0 Å². The molecule has 0 unspecified atom stereocenters. The number of halogens is 1. The molecule has 1 heteroatoms. The third kappa shape index (κ3) is 1.18. The summed E-state index contributed by atoms with van der Waals surface area (Å²) in [4.78, 5) is 0. The maximum absolute atomic E-state index is 2.42. The Morgan fingerprint density at radius 2 is 2.57 bits per heavy atom. The van der Waals surface area contributed by atoms with Gasteiger partial charge in [-0.1, -0.05) is 13.0 Å². The van der Waals surface area contributed by atoms with Crippen LogP contribution in [0.4, 0.5) is 0 Å². The molecule has 0 fully saturated rings. The Kier molecular flexibility index (Phi) is 1.73. The van der Waals surface area contributed by atoms with Gasteiger partial charge in [0.1, 0.15) is 0 Å². The van der Waals surface area contributed by atoms with Crippen LogP contribution >= 0.6 is 22.6 Å². The van der Waals surface area contributed by atoms with Crippen molar-refractivity contribution in [1.82, 2.24) is 0 Å².